The molecular formula is C15H17NO3S. The van der Waals surface area contributed by atoms with Gasteiger partial charge in [-0.15, -0.1) is 11.3 Å². The fraction of sp³-hybridized carbons (Fsp3) is 0.333. The average Bonchev–Trinajstić information content (AvgIpc) is 2.74. The van der Waals surface area contributed by atoms with E-state index in [1.54, 1.807) is 35.6 Å². The van der Waals surface area contributed by atoms with Crippen molar-refractivity contribution in [1.29, 1.82) is 0 Å². The highest BCUT2D eigenvalue weighted by Crippen LogP contribution is 2.18. The number of thiazole rings is 1. The maximum absolute atomic E-state index is 10.8. The number of aryl methyl sites for hydroxylation is 3. The number of rotatable bonds is 6. The molecule has 4 nitrogen and oxygen atoms in total. The minimum absolute atomic E-state index is 0.244. The van der Waals surface area contributed by atoms with Crippen molar-refractivity contribution in [2.24, 2.45) is 0 Å². The molecule has 2 rings (SSSR count). The zero-order valence-electron chi connectivity index (χ0n) is 11.5. The third-order valence-electron chi connectivity index (χ3n) is 2.96. The van der Waals surface area contributed by atoms with Gasteiger partial charge in [0, 0.05) is 11.3 Å². The van der Waals surface area contributed by atoms with Crippen LogP contribution in [-0.4, -0.2) is 22.7 Å². The highest BCUT2D eigenvalue weighted by Gasteiger charge is 2.05. The number of hydrogen-bond acceptors (Lipinski definition) is 4. The summed E-state index contributed by atoms with van der Waals surface area (Å²) in [6.45, 7) is 4.65. The second-order valence-electron chi connectivity index (χ2n) is 4.53. The van der Waals surface area contributed by atoms with E-state index in [4.69, 9.17) is 9.84 Å². The molecule has 2 aromatic rings. The van der Waals surface area contributed by atoms with Gasteiger partial charge in [-0.25, -0.2) is 9.78 Å². The van der Waals surface area contributed by atoms with Gasteiger partial charge in [-0.05, 0) is 38.5 Å². The smallest absolute Gasteiger partial charge is 0.335 e. The van der Waals surface area contributed by atoms with Crippen molar-refractivity contribution < 1.29 is 14.6 Å². The first kappa shape index (κ1) is 14.5. The van der Waals surface area contributed by atoms with Crippen molar-refractivity contribution in [2.75, 3.05) is 6.61 Å². The summed E-state index contributed by atoms with van der Waals surface area (Å²) in [7, 11) is 0. The van der Waals surface area contributed by atoms with E-state index in [9.17, 15) is 4.79 Å². The summed E-state index contributed by atoms with van der Waals surface area (Å²) in [5, 5.41) is 10.0. The number of carboxylic acids is 1. The molecule has 0 bridgehead atoms. The Morgan fingerprint density at radius 1 is 1.40 bits per heavy atom. The SMILES string of the molecule is Cc1nc(CCCOc2cccc(C(=O)O)c2)sc1C. The molecule has 0 fully saturated rings. The van der Waals surface area contributed by atoms with Gasteiger partial charge in [-0.3, -0.25) is 0 Å². The number of benzene rings is 1. The topological polar surface area (TPSA) is 59.4 Å². The number of carboxylic acid groups (broad SMARTS) is 1. The number of carbonyl (C=O) groups is 1. The van der Waals surface area contributed by atoms with Gasteiger partial charge in [0.15, 0.2) is 0 Å². The third-order valence-corrected chi connectivity index (χ3v) is 4.09. The standard InChI is InChI=1S/C15H17NO3S/c1-10-11(2)20-14(16-10)7-4-8-19-13-6-3-5-12(9-13)15(17)18/h3,5-6,9H,4,7-8H2,1-2H3,(H,17,18). The molecule has 1 aromatic carbocycles. The van der Waals surface area contributed by atoms with Crippen LogP contribution in [0.25, 0.3) is 0 Å². The fourth-order valence-electron chi connectivity index (χ4n) is 1.78. The molecular weight excluding hydrogens is 274 g/mol. The lowest BCUT2D eigenvalue weighted by atomic mass is 10.2. The summed E-state index contributed by atoms with van der Waals surface area (Å²) in [6, 6.07) is 6.55. The van der Waals surface area contributed by atoms with Gasteiger partial charge in [0.05, 0.1) is 22.9 Å². The lowest BCUT2D eigenvalue weighted by molar-refractivity contribution is 0.0696. The molecule has 0 aliphatic carbocycles. The minimum atomic E-state index is -0.941. The Labute approximate surface area is 122 Å². The van der Waals surface area contributed by atoms with Crippen molar-refractivity contribution >= 4 is 17.3 Å². The Morgan fingerprint density at radius 3 is 2.85 bits per heavy atom. The molecule has 0 saturated heterocycles. The number of hydrogen-bond donors (Lipinski definition) is 1. The second kappa shape index (κ2) is 6.52. The number of ether oxygens (including phenoxy) is 1. The van der Waals surface area contributed by atoms with Crippen LogP contribution in [0, 0.1) is 13.8 Å². The first-order chi connectivity index (χ1) is 9.56. The first-order valence-electron chi connectivity index (χ1n) is 6.45. The van der Waals surface area contributed by atoms with Crippen LogP contribution in [0.4, 0.5) is 0 Å². The molecule has 0 radical (unpaired) electrons. The van der Waals surface area contributed by atoms with Gasteiger partial charge in [0.25, 0.3) is 0 Å². The van der Waals surface area contributed by atoms with Crippen LogP contribution < -0.4 is 4.74 Å². The van der Waals surface area contributed by atoms with Crippen molar-refractivity contribution in [2.45, 2.75) is 26.7 Å². The molecule has 1 aromatic heterocycles. The van der Waals surface area contributed by atoms with Crippen LogP contribution in [0.15, 0.2) is 24.3 Å². The van der Waals surface area contributed by atoms with E-state index >= 15 is 0 Å². The maximum atomic E-state index is 10.8. The van der Waals surface area contributed by atoms with Crippen LogP contribution in [0.2, 0.25) is 0 Å². The first-order valence-corrected chi connectivity index (χ1v) is 7.27. The Morgan fingerprint density at radius 2 is 2.20 bits per heavy atom. The zero-order chi connectivity index (χ0) is 14.5. The Balaban J connectivity index is 1.81. The van der Waals surface area contributed by atoms with E-state index in [1.807, 2.05) is 6.92 Å². The van der Waals surface area contributed by atoms with Gasteiger partial charge in [-0.2, -0.15) is 0 Å². The Bertz CT molecular complexity index is 587. The van der Waals surface area contributed by atoms with Gasteiger partial charge in [0.2, 0.25) is 0 Å². The molecule has 0 aliphatic heterocycles. The monoisotopic (exact) mass is 291 g/mol. The normalized spacial score (nSPS) is 10.5. The molecule has 5 heteroatoms. The lowest BCUT2D eigenvalue weighted by Crippen LogP contribution is -2.01. The predicted molar refractivity (Wildman–Crippen MR) is 78.8 cm³/mol. The minimum Gasteiger partial charge on any atom is -0.494 e. The largest absolute Gasteiger partial charge is 0.494 e. The number of aromatic carboxylic acids is 1. The van der Waals surface area contributed by atoms with Crippen LogP contribution >= 0.6 is 11.3 Å². The highest BCUT2D eigenvalue weighted by atomic mass is 32.1. The van der Waals surface area contributed by atoms with Gasteiger partial charge >= 0.3 is 5.97 Å². The van der Waals surface area contributed by atoms with E-state index in [0.29, 0.717) is 12.4 Å². The summed E-state index contributed by atoms with van der Waals surface area (Å²) < 4.78 is 5.57. The van der Waals surface area contributed by atoms with Crippen molar-refractivity contribution in [3.05, 3.63) is 45.4 Å². The fourth-order valence-corrected chi connectivity index (χ4v) is 2.75. The molecule has 1 N–H and O–H groups in total. The summed E-state index contributed by atoms with van der Waals surface area (Å²) in [5.41, 5.74) is 1.34. The molecule has 0 aliphatic rings. The van der Waals surface area contributed by atoms with Crippen LogP contribution in [0.5, 0.6) is 5.75 Å². The number of nitrogens with zero attached hydrogens (tertiary/aromatic N) is 1. The van der Waals surface area contributed by atoms with Crippen molar-refractivity contribution in [1.82, 2.24) is 4.98 Å². The molecule has 0 unspecified atom stereocenters. The number of aromatic nitrogens is 1. The zero-order valence-corrected chi connectivity index (χ0v) is 12.4. The quantitative estimate of drug-likeness (QED) is 0.828. The Kier molecular flexibility index (Phi) is 4.74. The lowest BCUT2D eigenvalue weighted by Gasteiger charge is -2.06. The van der Waals surface area contributed by atoms with E-state index in [1.165, 1.54) is 4.88 Å². The molecule has 20 heavy (non-hydrogen) atoms. The van der Waals surface area contributed by atoms with Crippen molar-refractivity contribution in [3.63, 3.8) is 0 Å². The molecule has 0 amide bonds. The summed E-state index contributed by atoms with van der Waals surface area (Å²) in [4.78, 5) is 16.6. The van der Waals surface area contributed by atoms with Crippen LogP contribution in [-0.2, 0) is 6.42 Å². The van der Waals surface area contributed by atoms with Gasteiger partial charge in [-0.1, -0.05) is 6.07 Å². The van der Waals surface area contributed by atoms with E-state index in [2.05, 4.69) is 11.9 Å². The Hall–Kier alpha value is -1.88. The molecule has 0 spiro atoms. The van der Waals surface area contributed by atoms with E-state index in [-0.39, 0.29) is 5.56 Å². The predicted octanol–water partition coefficient (Wildman–Crippen LogP) is 3.47. The summed E-state index contributed by atoms with van der Waals surface area (Å²) >= 11 is 1.72. The maximum Gasteiger partial charge on any atom is 0.335 e. The second-order valence-corrected chi connectivity index (χ2v) is 5.82. The highest BCUT2D eigenvalue weighted by molar-refractivity contribution is 7.11. The third kappa shape index (κ3) is 3.81. The molecule has 106 valence electrons. The molecule has 0 atom stereocenters. The van der Waals surface area contributed by atoms with Crippen LogP contribution in [0.3, 0.4) is 0 Å². The van der Waals surface area contributed by atoms with Crippen LogP contribution in [0.1, 0.15) is 32.4 Å². The summed E-state index contributed by atoms with van der Waals surface area (Å²) in [6.07, 6.45) is 1.75. The van der Waals surface area contributed by atoms with E-state index in [0.717, 1.165) is 23.5 Å². The molecule has 1 heterocycles. The average molecular weight is 291 g/mol. The van der Waals surface area contributed by atoms with Gasteiger partial charge < -0.3 is 9.84 Å². The van der Waals surface area contributed by atoms with Crippen molar-refractivity contribution in [3.8, 4) is 5.75 Å². The van der Waals surface area contributed by atoms with Gasteiger partial charge in [0.1, 0.15) is 5.75 Å². The summed E-state index contributed by atoms with van der Waals surface area (Å²) in [5.74, 6) is -0.347. The molecule has 0 saturated carbocycles. The van der Waals surface area contributed by atoms with E-state index < -0.39 is 5.97 Å².